The van der Waals surface area contributed by atoms with Crippen molar-refractivity contribution in [3.8, 4) is 0 Å². The SMILES string of the molecule is C=CCCC(=O)[C@@H]1CCCN1C(=O)C(=O)C(C)(C)CC. The maximum absolute atomic E-state index is 12.3. The Morgan fingerprint density at radius 2 is 2.00 bits per heavy atom. The van der Waals surface area contributed by atoms with Gasteiger partial charge in [0.2, 0.25) is 5.78 Å². The molecule has 0 aromatic carbocycles. The minimum atomic E-state index is -0.658. The van der Waals surface area contributed by atoms with Gasteiger partial charge in [-0.15, -0.1) is 6.58 Å². The average molecular weight is 279 g/mol. The summed E-state index contributed by atoms with van der Waals surface area (Å²) in [4.78, 5) is 38.2. The molecule has 0 bridgehead atoms. The second kappa shape index (κ2) is 6.82. The van der Waals surface area contributed by atoms with Crippen LogP contribution in [0.2, 0.25) is 0 Å². The van der Waals surface area contributed by atoms with Crippen molar-refractivity contribution in [2.45, 2.75) is 58.9 Å². The number of rotatable bonds is 7. The molecule has 0 unspecified atom stereocenters. The lowest BCUT2D eigenvalue weighted by Gasteiger charge is -2.27. The van der Waals surface area contributed by atoms with Crippen LogP contribution in [-0.4, -0.2) is 35.0 Å². The third-order valence-electron chi connectivity index (χ3n) is 4.17. The summed E-state index contributed by atoms with van der Waals surface area (Å²) in [6, 6.07) is -0.418. The number of likely N-dealkylation sites (tertiary alicyclic amines) is 1. The van der Waals surface area contributed by atoms with Gasteiger partial charge in [0.05, 0.1) is 6.04 Å². The van der Waals surface area contributed by atoms with Gasteiger partial charge in [0, 0.05) is 18.4 Å². The molecule has 1 aliphatic rings. The molecule has 0 N–H and O–H groups in total. The predicted octanol–water partition coefficient (Wildman–Crippen LogP) is 2.52. The number of ketones is 2. The third-order valence-corrected chi connectivity index (χ3v) is 4.17. The first-order valence-electron chi connectivity index (χ1n) is 7.34. The molecular weight excluding hydrogens is 254 g/mol. The van der Waals surface area contributed by atoms with Crippen molar-refractivity contribution < 1.29 is 14.4 Å². The largest absolute Gasteiger partial charge is 0.326 e. The van der Waals surface area contributed by atoms with E-state index < -0.39 is 17.4 Å². The number of carbonyl (C=O) groups excluding carboxylic acids is 3. The Labute approximate surface area is 121 Å². The molecule has 4 nitrogen and oxygen atoms in total. The molecule has 1 aliphatic heterocycles. The van der Waals surface area contributed by atoms with Crippen molar-refractivity contribution in [3.05, 3.63) is 12.7 Å². The Hall–Kier alpha value is -1.45. The van der Waals surface area contributed by atoms with Crippen molar-refractivity contribution in [1.29, 1.82) is 0 Å². The van der Waals surface area contributed by atoms with Crippen molar-refractivity contribution in [2.24, 2.45) is 5.41 Å². The summed E-state index contributed by atoms with van der Waals surface area (Å²) < 4.78 is 0. The maximum atomic E-state index is 12.3. The second-order valence-electron chi connectivity index (χ2n) is 6.02. The lowest BCUT2D eigenvalue weighted by molar-refractivity contribution is -0.151. The van der Waals surface area contributed by atoms with Gasteiger partial charge in [-0.2, -0.15) is 0 Å². The second-order valence-corrected chi connectivity index (χ2v) is 6.02. The van der Waals surface area contributed by atoms with Crippen molar-refractivity contribution in [3.63, 3.8) is 0 Å². The van der Waals surface area contributed by atoms with Crippen LogP contribution in [0.4, 0.5) is 0 Å². The number of carbonyl (C=O) groups is 3. The summed E-state index contributed by atoms with van der Waals surface area (Å²) in [6.45, 7) is 9.55. The first kappa shape index (κ1) is 16.6. The predicted molar refractivity (Wildman–Crippen MR) is 78.3 cm³/mol. The van der Waals surface area contributed by atoms with Gasteiger partial charge in [-0.3, -0.25) is 14.4 Å². The first-order chi connectivity index (χ1) is 9.35. The van der Waals surface area contributed by atoms with E-state index in [0.717, 1.165) is 6.42 Å². The maximum Gasteiger partial charge on any atom is 0.291 e. The Morgan fingerprint density at radius 1 is 1.35 bits per heavy atom. The van der Waals surface area contributed by atoms with Crippen LogP contribution in [0.25, 0.3) is 0 Å². The minimum Gasteiger partial charge on any atom is -0.326 e. The normalized spacial score (nSPS) is 18.9. The minimum absolute atomic E-state index is 0.0397. The zero-order valence-electron chi connectivity index (χ0n) is 12.8. The first-order valence-corrected chi connectivity index (χ1v) is 7.34. The van der Waals surface area contributed by atoms with E-state index >= 15 is 0 Å². The zero-order valence-corrected chi connectivity index (χ0v) is 12.8. The van der Waals surface area contributed by atoms with Crippen LogP contribution in [0.15, 0.2) is 12.7 Å². The molecule has 0 radical (unpaired) electrons. The van der Waals surface area contributed by atoms with Crippen LogP contribution in [0.3, 0.4) is 0 Å². The van der Waals surface area contributed by atoms with Gasteiger partial charge >= 0.3 is 0 Å². The highest BCUT2D eigenvalue weighted by Gasteiger charge is 2.40. The molecule has 0 spiro atoms. The smallest absolute Gasteiger partial charge is 0.291 e. The molecule has 0 aromatic heterocycles. The Morgan fingerprint density at radius 3 is 2.55 bits per heavy atom. The summed E-state index contributed by atoms with van der Waals surface area (Å²) in [5.74, 6) is -0.840. The van der Waals surface area contributed by atoms with E-state index in [9.17, 15) is 14.4 Å². The van der Waals surface area contributed by atoms with E-state index in [1.807, 2.05) is 6.92 Å². The number of allylic oxidation sites excluding steroid dienone is 1. The number of hydrogen-bond acceptors (Lipinski definition) is 3. The number of hydrogen-bond donors (Lipinski definition) is 0. The number of amides is 1. The van der Waals surface area contributed by atoms with Crippen LogP contribution in [0.5, 0.6) is 0 Å². The summed E-state index contributed by atoms with van der Waals surface area (Å²) >= 11 is 0. The lowest BCUT2D eigenvalue weighted by Crippen LogP contribution is -2.47. The molecule has 20 heavy (non-hydrogen) atoms. The molecular formula is C16H25NO3. The number of nitrogens with zero attached hydrogens (tertiary/aromatic N) is 1. The highest BCUT2D eigenvalue weighted by atomic mass is 16.2. The number of Topliss-reactive ketones (excluding diaryl/α,β-unsaturated/α-hetero) is 2. The molecule has 1 atom stereocenters. The van der Waals surface area contributed by atoms with E-state index in [4.69, 9.17) is 0 Å². The topological polar surface area (TPSA) is 54.5 Å². The summed E-state index contributed by atoms with van der Waals surface area (Å²) in [5.41, 5.74) is -0.658. The fraction of sp³-hybridized carbons (Fsp3) is 0.688. The molecule has 1 fully saturated rings. The van der Waals surface area contributed by atoms with E-state index in [-0.39, 0.29) is 11.6 Å². The summed E-state index contributed by atoms with van der Waals surface area (Å²) in [7, 11) is 0. The zero-order chi connectivity index (χ0) is 15.3. The van der Waals surface area contributed by atoms with Crippen LogP contribution in [0.1, 0.15) is 52.9 Å². The van der Waals surface area contributed by atoms with Gasteiger partial charge in [-0.25, -0.2) is 0 Å². The fourth-order valence-corrected chi connectivity index (χ4v) is 2.34. The molecule has 1 heterocycles. The van der Waals surface area contributed by atoms with Crippen LogP contribution in [-0.2, 0) is 14.4 Å². The van der Waals surface area contributed by atoms with Crippen LogP contribution in [0, 0.1) is 5.41 Å². The van der Waals surface area contributed by atoms with E-state index in [1.165, 1.54) is 4.90 Å². The highest BCUT2D eigenvalue weighted by Crippen LogP contribution is 2.26. The van der Waals surface area contributed by atoms with E-state index in [2.05, 4.69) is 6.58 Å². The van der Waals surface area contributed by atoms with Gasteiger partial charge in [0.15, 0.2) is 5.78 Å². The molecule has 1 rings (SSSR count). The Balaban J connectivity index is 2.78. The summed E-state index contributed by atoms with van der Waals surface area (Å²) in [6.07, 6.45) is 4.78. The molecule has 0 saturated carbocycles. The van der Waals surface area contributed by atoms with Crippen LogP contribution < -0.4 is 0 Å². The molecule has 4 heteroatoms. The molecule has 1 amide bonds. The van der Waals surface area contributed by atoms with E-state index in [0.29, 0.717) is 32.2 Å². The standard InChI is InChI=1S/C16H25NO3/c1-5-7-10-13(18)12-9-8-11-17(12)15(20)14(19)16(3,4)6-2/h5,12H,1,6-11H2,2-4H3/t12-/m0/s1. The Bertz CT molecular complexity index is 412. The van der Waals surface area contributed by atoms with Gasteiger partial charge in [0.25, 0.3) is 5.91 Å². The molecule has 0 aromatic rings. The molecule has 112 valence electrons. The Kier molecular flexibility index (Phi) is 5.66. The quantitative estimate of drug-likeness (QED) is 0.531. The van der Waals surface area contributed by atoms with Gasteiger partial charge in [0.1, 0.15) is 0 Å². The monoisotopic (exact) mass is 279 g/mol. The van der Waals surface area contributed by atoms with Gasteiger partial charge in [-0.1, -0.05) is 26.8 Å². The van der Waals surface area contributed by atoms with Crippen molar-refractivity contribution in [2.75, 3.05) is 6.54 Å². The van der Waals surface area contributed by atoms with Crippen molar-refractivity contribution in [1.82, 2.24) is 4.90 Å². The van der Waals surface area contributed by atoms with Gasteiger partial charge < -0.3 is 4.90 Å². The molecule has 0 aliphatic carbocycles. The highest BCUT2D eigenvalue weighted by molar-refractivity contribution is 6.38. The summed E-state index contributed by atoms with van der Waals surface area (Å²) in [5, 5.41) is 0. The third kappa shape index (κ3) is 3.56. The van der Waals surface area contributed by atoms with Crippen LogP contribution >= 0.6 is 0 Å². The average Bonchev–Trinajstić information content (AvgIpc) is 2.92. The molecule has 1 saturated heterocycles. The van der Waals surface area contributed by atoms with Crippen molar-refractivity contribution >= 4 is 17.5 Å². The lowest BCUT2D eigenvalue weighted by atomic mass is 9.84. The van der Waals surface area contributed by atoms with Gasteiger partial charge in [-0.05, 0) is 25.7 Å². The van der Waals surface area contributed by atoms with E-state index in [1.54, 1.807) is 19.9 Å². The fourth-order valence-electron chi connectivity index (χ4n) is 2.34.